The first-order valence-electron chi connectivity index (χ1n) is 12.0. The maximum absolute atomic E-state index is 14.9. The Labute approximate surface area is 203 Å². The molecule has 0 radical (unpaired) electrons. The molecule has 35 heavy (non-hydrogen) atoms. The number of halogens is 1. The van der Waals surface area contributed by atoms with Gasteiger partial charge in [-0.3, -0.25) is 4.90 Å². The monoisotopic (exact) mass is 504 g/mol. The molecule has 1 saturated heterocycles. The van der Waals surface area contributed by atoms with Crippen LogP contribution in [0.2, 0.25) is 0 Å². The number of hydrogen-bond donors (Lipinski definition) is 2. The molecule has 1 aromatic heterocycles. The lowest BCUT2D eigenvalue weighted by molar-refractivity contribution is -0.0687. The van der Waals surface area contributed by atoms with Gasteiger partial charge in [-0.15, -0.1) is 4.36 Å². The van der Waals surface area contributed by atoms with Crippen LogP contribution in [0.15, 0.2) is 15.5 Å². The summed E-state index contributed by atoms with van der Waals surface area (Å²) in [7, 11) is -1.91. The number of nitrogens with two attached hydrogens (primary N) is 1. The first-order chi connectivity index (χ1) is 16.9. The number of likely N-dealkylation sites (tertiary alicyclic amines) is 1. The number of urea groups is 1. The number of rotatable bonds is 4. The number of benzene rings is 1. The number of nitrogens with one attached hydrogen (secondary N) is 1. The van der Waals surface area contributed by atoms with Gasteiger partial charge >= 0.3 is 6.03 Å². The molecule has 0 bridgehead atoms. The van der Waals surface area contributed by atoms with E-state index in [1.165, 1.54) is 6.20 Å². The van der Waals surface area contributed by atoms with Crippen LogP contribution in [-0.2, 0) is 46.9 Å². The first-order valence-corrected chi connectivity index (χ1v) is 13.6. The number of hydrogen-bond acceptors (Lipinski definition) is 6. The quantitative estimate of drug-likeness (QED) is 0.657. The molecule has 188 valence electrons. The molecule has 2 atom stereocenters. The zero-order chi connectivity index (χ0) is 24.3. The van der Waals surface area contributed by atoms with E-state index in [1.807, 2.05) is 0 Å². The van der Waals surface area contributed by atoms with Crippen molar-refractivity contribution in [1.29, 1.82) is 0 Å². The molecule has 6 rings (SSSR count). The Bertz CT molecular complexity index is 1290. The average Bonchev–Trinajstić information content (AvgIpc) is 3.55. The summed E-state index contributed by atoms with van der Waals surface area (Å²) in [5.41, 5.74) is 3.64. The number of aromatic nitrogens is 2. The van der Waals surface area contributed by atoms with Gasteiger partial charge < -0.3 is 14.8 Å². The van der Waals surface area contributed by atoms with E-state index in [0.29, 0.717) is 55.6 Å². The van der Waals surface area contributed by atoms with Gasteiger partial charge in [-0.25, -0.2) is 23.2 Å². The molecule has 2 amide bonds. The Kier molecular flexibility index (Phi) is 5.59. The standard InChI is InChI=1S/C23H29FN6O4S/c1-33-14-10-29(11-14)13-9-30-22(34-12-13)19(8-26-30)35(25,32)28-23(31)27-21-17-6-2-4-15(17)20(24)16-5-3-7-18(16)21/h8,13-14H,2-7,9-12H2,1H3,(H3,25,27,28,31,32)/t13-,35?/m0/s1. The fourth-order valence-corrected chi connectivity index (χ4v) is 6.74. The minimum absolute atomic E-state index is 0.0963. The lowest BCUT2D eigenvalue weighted by Gasteiger charge is -2.44. The summed E-state index contributed by atoms with van der Waals surface area (Å²) >= 11 is 0. The second-order valence-corrected chi connectivity index (χ2v) is 11.4. The van der Waals surface area contributed by atoms with Crippen molar-refractivity contribution in [3.63, 3.8) is 0 Å². The van der Waals surface area contributed by atoms with Crippen molar-refractivity contribution in [1.82, 2.24) is 14.7 Å². The summed E-state index contributed by atoms with van der Waals surface area (Å²) in [5, 5.41) is 13.1. The Morgan fingerprint density at radius 1 is 1.20 bits per heavy atom. The summed E-state index contributed by atoms with van der Waals surface area (Å²) in [6.07, 6.45) is 5.98. The van der Waals surface area contributed by atoms with Crippen LogP contribution in [-0.4, -0.2) is 63.9 Å². The van der Waals surface area contributed by atoms with Crippen molar-refractivity contribution in [3.05, 3.63) is 34.3 Å². The SMILES string of the molecule is COC1CN([C@@H]2COc3c(S(N)(=O)=NC(=O)Nc4c5c(c(F)c6c4CCC6)CCC5)cnn3C2)C1. The van der Waals surface area contributed by atoms with E-state index >= 15 is 0 Å². The van der Waals surface area contributed by atoms with E-state index in [9.17, 15) is 13.4 Å². The molecule has 12 heteroatoms. The maximum atomic E-state index is 14.9. The van der Waals surface area contributed by atoms with Crippen molar-refractivity contribution < 1.29 is 22.9 Å². The Morgan fingerprint density at radius 3 is 2.51 bits per heavy atom. The van der Waals surface area contributed by atoms with Crippen LogP contribution in [0.3, 0.4) is 0 Å². The molecule has 0 spiro atoms. The number of methoxy groups -OCH3 is 1. The molecular weight excluding hydrogens is 475 g/mol. The topological polar surface area (TPSA) is 124 Å². The normalized spacial score (nSPS) is 23.0. The summed E-state index contributed by atoms with van der Waals surface area (Å²) in [6.45, 7) is 2.61. The van der Waals surface area contributed by atoms with E-state index in [4.69, 9.17) is 14.6 Å². The van der Waals surface area contributed by atoms with Crippen LogP contribution in [0, 0.1) is 5.82 Å². The van der Waals surface area contributed by atoms with E-state index < -0.39 is 15.9 Å². The molecular formula is C23H29FN6O4S. The van der Waals surface area contributed by atoms with Gasteiger partial charge in [-0.1, -0.05) is 0 Å². The number of ether oxygens (including phenoxy) is 2. The van der Waals surface area contributed by atoms with Gasteiger partial charge in [-0.2, -0.15) is 5.10 Å². The zero-order valence-electron chi connectivity index (χ0n) is 19.6. The molecule has 4 aliphatic rings. The highest BCUT2D eigenvalue weighted by molar-refractivity contribution is 7.91. The van der Waals surface area contributed by atoms with Crippen LogP contribution in [0.1, 0.15) is 35.1 Å². The third-order valence-electron chi connectivity index (χ3n) is 7.62. The van der Waals surface area contributed by atoms with Gasteiger partial charge in [0.05, 0.1) is 24.9 Å². The lowest BCUT2D eigenvalue weighted by atomic mass is 9.98. The first kappa shape index (κ1) is 22.9. The molecule has 3 N–H and O–H groups in total. The van der Waals surface area contributed by atoms with Crippen LogP contribution >= 0.6 is 0 Å². The number of carbonyl (C=O) groups is 1. The van der Waals surface area contributed by atoms with E-state index in [1.54, 1.807) is 11.8 Å². The smallest absolute Gasteiger partial charge is 0.354 e. The van der Waals surface area contributed by atoms with Gasteiger partial charge in [0, 0.05) is 25.9 Å². The molecule has 2 aromatic rings. The van der Waals surface area contributed by atoms with Crippen molar-refractivity contribution in [2.75, 3.05) is 32.1 Å². The molecule has 1 fully saturated rings. The number of carbonyl (C=O) groups excluding carboxylic acids is 1. The third kappa shape index (κ3) is 3.83. The molecule has 2 aliphatic heterocycles. The molecule has 2 aliphatic carbocycles. The van der Waals surface area contributed by atoms with Gasteiger partial charge in [0.2, 0.25) is 5.88 Å². The average molecular weight is 505 g/mol. The number of nitrogens with zero attached hydrogens (tertiary/aromatic N) is 4. The second kappa shape index (κ2) is 8.54. The van der Waals surface area contributed by atoms with Gasteiger partial charge in [0.25, 0.3) is 0 Å². The van der Waals surface area contributed by atoms with Crippen LogP contribution in [0.4, 0.5) is 14.9 Å². The predicted molar refractivity (Wildman–Crippen MR) is 126 cm³/mol. The third-order valence-corrected chi connectivity index (χ3v) is 8.96. The van der Waals surface area contributed by atoms with E-state index in [2.05, 4.69) is 19.7 Å². The molecule has 3 heterocycles. The Morgan fingerprint density at radius 2 is 1.86 bits per heavy atom. The lowest BCUT2D eigenvalue weighted by Crippen LogP contribution is -2.59. The van der Waals surface area contributed by atoms with Gasteiger partial charge in [0.1, 0.15) is 17.3 Å². The van der Waals surface area contributed by atoms with Crippen LogP contribution in [0.5, 0.6) is 5.88 Å². The zero-order valence-corrected chi connectivity index (χ0v) is 20.4. The fourth-order valence-electron chi connectivity index (χ4n) is 5.74. The highest BCUT2D eigenvalue weighted by atomic mass is 32.2. The van der Waals surface area contributed by atoms with E-state index in [0.717, 1.165) is 37.1 Å². The largest absolute Gasteiger partial charge is 0.475 e. The van der Waals surface area contributed by atoms with Gasteiger partial charge in [0.15, 0.2) is 9.92 Å². The van der Waals surface area contributed by atoms with Crippen LogP contribution < -0.4 is 15.2 Å². The van der Waals surface area contributed by atoms with Crippen molar-refractivity contribution in [3.8, 4) is 5.88 Å². The van der Waals surface area contributed by atoms with Crippen molar-refractivity contribution in [2.45, 2.75) is 62.1 Å². The minimum atomic E-state index is -3.61. The van der Waals surface area contributed by atoms with Crippen LogP contribution in [0.25, 0.3) is 0 Å². The Balaban J connectivity index is 1.24. The molecule has 0 saturated carbocycles. The summed E-state index contributed by atoms with van der Waals surface area (Å²) in [5.74, 6) is 0.151. The number of fused-ring (bicyclic) bond motifs is 3. The summed E-state index contributed by atoms with van der Waals surface area (Å²) < 4.78 is 44.9. The molecule has 1 unspecified atom stereocenters. The number of amides is 2. The second-order valence-electron chi connectivity index (χ2n) is 9.67. The maximum Gasteiger partial charge on any atom is 0.354 e. The highest BCUT2D eigenvalue weighted by Crippen LogP contribution is 2.41. The minimum Gasteiger partial charge on any atom is -0.475 e. The summed E-state index contributed by atoms with van der Waals surface area (Å²) in [6, 6.07) is -0.689. The Hall–Kier alpha value is -2.54. The molecule has 1 aromatic carbocycles. The van der Waals surface area contributed by atoms with Gasteiger partial charge in [-0.05, 0) is 60.8 Å². The molecule has 10 nitrogen and oxygen atoms in total. The number of anilines is 1. The van der Waals surface area contributed by atoms with Crippen molar-refractivity contribution in [2.24, 2.45) is 9.50 Å². The highest BCUT2D eigenvalue weighted by Gasteiger charge is 2.37. The predicted octanol–water partition coefficient (Wildman–Crippen LogP) is 2.02. The van der Waals surface area contributed by atoms with Crippen molar-refractivity contribution >= 4 is 21.6 Å². The fraction of sp³-hybridized carbons (Fsp3) is 0.565. The summed E-state index contributed by atoms with van der Waals surface area (Å²) in [4.78, 5) is 15.2. The van der Waals surface area contributed by atoms with E-state index in [-0.39, 0.29) is 28.7 Å².